The summed E-state index contributed by atoms with van der Waals surface area (Å²) in [6.07, 6.45) is 0.160. The third-order valence-electron chi connectivity index (χ3n) is 10.1. The van der Waals surface area contributed by atoms with E-state index in [1.54, 1.807) is 24.3 Å². The molecular weight excluding hydrogens is 484 g/mol. The lowest BCUT2D eigenvalue weighted by molar-refractivity contribution is -0.335. The molecule has 0 radical (unpaired) electrons. The summed E-state index contributed by atoms with van der Waals surface area (Å²) < 4.78 is 52.9. The van der Waals surface area contributed by atoms with Gasteiger partial charge in [-0.15, -0.1) is 0 Å². The SMILES string of the molecule is CC1=C(OS(=O)(=O)c2ccc(C)cc2)C2(C)C3(O)OCC2(C)C24OC2C[C@H](C)C14C3O[Si](C)(C)C. The van der Waals surface area contributed by atoms with Crippen LogP contribution in [0.4, 0.5) is 0 Å². The fourth-order valence-electron chi connectivity index (χ4n) is 8.46. The van der Waals surface area contributed by atoms with Gasteiger partial charge >= 0.3 is 10.1 Å². The Labute approximate surface area is 209 Å². The first-order valence-electron chi connectivity index (χ1n) is 12.5. The molecule has 4 aliphatic carbocycles. The van der Waals surface area contributed by atoms with Gasteiger partial charge in [-0.1, -0.05) is 31.5 Å². The van der Waals surface area contributed by atoms with E-state index in [9.17, 15) is 13.5 Å². The van der Waals surface area contributed by atoms with E-state index in [0.717, 1.165) is 17.6 Å². The molecule has 2 saturated carbocycles. The normalized spacial score (nSPS) is 47.6. The van der Waals surface area contributed by atoms with E-state index in [2.05, 4.69) is 33.5 Å². The van der Waals surface area contributed by atoms with Crippen molar-refractivity contribution in [2.24, 2.45) is 22.2 Å². The van der Waals surface area contributed by atoms with E-state index in [-0.39, 0.29) is 29.3 Å². The molecule has 1 N–H and O–H groups in total. The van der Waals surface area contributed by atoms with Gasteiger partial charge in [-0.2, -0.15) is 8.42 Å². The van der Waals surface area contributed by atoms with Crippen molar-refractivity contribution in [1.82, 2.24) is 0 Å². The lowest BCUT2D eigenvalue weighted by Gasteiger charge is -2.69. The average molecular weight is 521 g/mol. The second-order valence-corrected chi connectivity index (χ2v) is 18.7. The van der Waals surface area contributed by atoms with E-state index in [1.165, 1.54) is 0 Å². The number of aliphatic hydroxyl groups is 1. The van der Waals surface area contributed by atoms with Gasteiger partial charge in [0.2, 0.25) is 5.79 Å². The molecule has 35 heavy (non-hydrogen) atoms. The van der Waals surface area contributed by atoms with E-state index in [4.69, 9.17) is 18.1 Å². The fraction of sp³-hybridized carbons (Fsp3) is 0.692. The molecule has 192 valence electrons. The highest BCUT2D eigenvalue weighted by Crippen LogP contribution is 2.88. The summed E-state index contributed by atoms with van der Waals surface area (Å²) >= 11 is 0. The highest BCUT2D eigenvalue weighted by Gasteiger charge is 2.99. The Morgan fingerprint density at radius 1 is 1.11 bits per heavy atom. The molecular formula is C26H36O7SSi. The molecule has 1 aromatic carbocycles. The van der Waals surface area contributed by atoms with Crippen molar-refractivity contribution in [3.63, 3.8) is 0 Å². The second-order valence-electron chi connectivity index (χ2n) is 12.7. The van der Waals surface area contributed by atoms with Gasteiger partial charge in [0.05, 0.1) is 23.5 Å². The van der Waals surface area contributed by atoms with Crippen molar-refractivity contribution >= 4 is 18.4 Å². The Kier molecular flexibility index (Phi) is 4.42. The maximum Gasteiger partial charge on any atom is 0.338 e. The predicted molar refractivity (Wildman–Crippen MR) is 131 cm³/mol. The lowest BCUT2D eigenvalue weighted by Crippen LogP contribution is -2.80. The minimum absolute atomic E-state index is 0.0195. The fourth-order valence-corrected chi connectivity index (χ4v) is 10.6. The largest absolute Gasteiger partial charge is 0.408 e. The van der Waals surface area contributed by atoms with Crippen LogP contribution in [0.15, 0.2) is 40.5 Å². The minimum Gasteiger partial charge on any atom is -0.408 e. The molecule has 4 fully saturated rings. The smallest absolute Gasteiger partial charge is 0.338 e. The molecule has 7 unspecified atom stereocenters. The van der Waals surface area contributed by atoms with E-state index in [1.807, 2.05) is 20.8 Å². The zero-order valence-corrected chi connectivity index (χ0v) is 23.6. The van der Waals surface area contributed by atoms with Gasteiger partial charge in [0.1, 0.15) is 22.4 Å². The van der Waals surface area contributed by atoms with Gasteiger partial charge < -0.3 is 23.2 Å². The summed E-state index contributed by atoms with van der Waals surface area (Å²) in [6.45, 7) is 16.5. The van der Waals surface area contributed by atoms with Gasteiger partial charge in [-0.3, -0.25) is 0 Å². The van der Waals surface area contributed by atoms with Gasteiger partial charge in [0, 0.05) is 5.41 Å². The topological polar surface area (TPSA) is 94.6 Å². The Hall–Kier alpha value is -1.23. The summed E-state index contributed by atoms with van der Waals surface area (Å²) in [6, 6.07) is 6.61. The zero-order valence-electron chi connectivity index (χ0n) is 21.8. The van der Waals surface area contributed by atoms with Crippen molar-refractivity contribution in [2.45, 2.75) is 89.2 Å². The Balaban J connectivity index is 1.62. The van der Waals surface area contributed by atoms with Crippen LogP contribution in [0.2, 0.25) is 19.6 Å². The molecule has 2 heterocycles. The van der Waals surface area contributed by atoms with Crippen LogP contribution < -0.4 is 0 Å². The molecule has 2 spiro atoms. The van der Waals surface area contributed by atoms with E-state index >= 15 is 0 Å². The Bertz CT molecular complexity index is 1270. The molecule has 4 bridgehead atoms. The van der Waals surface area contributed by atoms with E-state index in [0.29, 0.717) is 0 Å². The molecule has 1 aromatic rings. The molecule has 7 nitrogen and oxygen atoms in total. The van der Waals surface area contributed by atoms with E-state index < -0.39 is 52.2 Å². The predicted octanol–water partition coefficient (Wildman–Crippen LogP) is 4.12. The number of rotatable bonds is 5. The maximum atomic E-state index is 13.6. The lowest BCUT2D eigenvalue weighted by atomic mass is 9.37. The average Bonchev–Trinajstić information content (AvgIpc) is 3.35. The maximum absolute atomic E-state index is 13.6. The first-order valence-corrected chi connectivity index (χ1v) is 17.3. The highest BCUT2D eigenvalue weighted by molar-refractivity contribution is 7.86. The number of epoxide rings is 1. The zero-order chi connectivity index (χ0) is 25.6. The highest BCUT2D eigenvalue weighted by atomic mass is 32.2. The minimum atomic E-state index is -4.15. The standard InChI is InChI=1S/C26H36O7SSi/c1-15-9-11-18(12-10-15)34(28,29)32-20-17(3)24-16(2)13-19-25(24,31-19)22(4)14-30-26(27,23(20,22)5)21(24)33-35(6,7)8/h9-12,16,19,21,27H,13-14H2,1-8H3/t16-,19?,21?,22?,23?,24?,25?,26?/m0/s1. The molecule has 2 aliphatic heterocycles. The molecule has 7 rings (SSSR count). The van der Waals surface area contributed by atoms with Gasteiger partial charge in [0.25, 0.3) is 0 Å². The summed E-state index contributed by atoms with van der Waals surface area (Å²) in [5.41, 5.74) is -1.47. The monoisotopic (exact) mass is 520 g/mol. The van der Waals surface area contributed by atoms with Gasteiger partial charge in [-0.25, -0.2) is 0 Å². The quantitative estimate of drug-likeness (QED) is 0.355. The van der Waals surface area contributed by atoms with Crippen molar-refractivity contribution in [3.8, 4) is 0 Å². The number of hydrogen-bond acceptors (Lipinski definition) is 7. The van der Waals surface area contributed by atoms with Crippen molar-refractivity contribution in [3.05, 3.63) is 41.2 Å². The number of aryl methyl sites for hydroxylation is 1. The molecule has 0 amide bonds. The van der Waals surface area contributed by atoms with Crippen LogP contribution in [-0.2, 0) is 28.2 Å². The summed E-state index contributed by atoms with van der Waals surface area (Å²) in [4.78, 5) is 0.0842. The molecule has 0 aromatic heterocycles. The van der Waals surface area contributed by atoms with Crippen LogP contribution in [0.5, 0.6) is 0 Å². The third kappa shape index (κ3) is 2.35. The van der Waals surface area contributed by atoms with Gasteiger partial charge in [0.15, 0.2) is 8.32 Å². The Morgan fingerprint density at radius 3 is 2.34 bits per heavy atom. The summed E-state index contributed by atoms with van der Waals surface area (Å²) in [5.74, 6) is -1.38. The summed E-state index contributed by atoms with van der Waals surface area (Å²) in [5, 5.41) is 12.5. The van der Waals surface area contributed by atoms with Crippen molar-refractivity contribution in [1.29, 1.82) is 0 Å². The Morgan fingerprint density at radius 2 is 1.74 bits per heavy atom. The van der Waals surface area contributed by atoms with Crippen LogP contribution in [0.25, 0.3) is 0 Å². The molecule has 9 heteroatoms. The molecule has 8 atom stereocenters. The molecule has 6 aliphatic rings. The first kappa shape index (κ1) is 24.1. The van der Waals surface area contributed by atoms with Crippen LogP contribution in [0.1, 0.15) is 39.7 Å². The van der Waals surface area contributed by atoms with Crippen LogP contribution in [0, 0.1) is 29.1 Å². The summed E-state index contributed by atoms with van der Waals surface area (Å²) in [7, 11) is -6.32. The number of hydrogen-bond donors (Lipinski definition) is 1. The van der Waals surface area contributed by atoms with Gasteiger partial charge in [-0.05, 0) is 70.5 Å². The molecule has 2 saturated heterocycles. The number of ether oxygens (including phenoxy) is 2. The van der Waals surface area contributed by atoms with Crippen molar-refractivity contribution < 1.29 is 31.6 Å². The third-order valence-corrected chi connectivity index (χ3v) is 12.2. The second kappa shape index (κ2) is 6.42. The van der Waals surface area contributed by atoms with Crippen LogP contribution in [0.3, 0.4) is 0 Å². The first-order chi connectivity index (χ1) is 16.0. The number of benzene rings is 1. The van der Waals surface area contributed by atoms with Crippen LogP contribution >= 0.6 is 0 Å². The van der Waals surface area contributed by atoms with Crippen LogP contribution in [-0.4, -0.2) is 52.0 Å². The van der Waals surface area contributed by atoms with Crippen molar-refractivity contribution in [2.75, 3.05) is 6.61 Å².